The number of allylic oxidation sites excluding steroid dienone is 4. The molecule has 2 atom stereocenters. The molecular formula is C68H131NO5. The fourth-order valence-electron chi connectivity index (χ4n) is 10.6. The zero-order valence-electron chi connectivity index (χ0n) is 50.1. The number of unbranched alkanes of at least 4 members (excludes halogenated alkanes) is 48. The van der Waals surface area contributed by atoms with Gasteiger partial charge in [0.25, 0.3) is 0 Å². The lowest BCUT2D eigenvalue weighted by Crippen LogP contribution is -2.45. The second-order valence-corrected chi connectivity index (χ2v) is 23.1. The van der Waals surface area contributed by atoms with Crippen molar-refractivity contribution in [2.45, 2.75) is 386 Å². The average Bonchev–Trinajstić information content (AvgIpc) is 3.40. The Morgan fingerprint density at radius 3 is 0.959 bits per heavy atom. The Labute approximate surface area is 462 Å². The SMILES string of the molecule is CCCCCCCC/C=C\CCCCCCCCCC(=O)OCCCCCCCC/C=C\CCCCCCCCCC(=O)NC(CO)C(O)CCCCCCCCCCCCCCCCCCCCCCCCC. The summed E-state index contributed by atoms with van der Waals surface area (Å²) in [7, 11) is 0. The first-order valence-corrected chi connectivity index (χ1v) is 33.6. The number of aliphatic hydroxyl groups excluding tert-OH is 2. The van der Waals surface area contributed by atoms with E-state index in [9.17, 15) is 19.8 Å². The quantitative estimate of drug-likeness (QED) is 0.0320. The second kappa shape index (κ2) is 63.9. The third kappa shape index (κ3) is 59.6. The molecule has 0 heterocycles. The lowest BCUT2D eigenvalue weighted by Gasteiger charge is -2.22. The van der Waals surface area contributed by atoms with E-state index in [1.54, 1.807) is 0 Å². The predicted molar refractivity (Wildman–Crippen MR) is 324 cm³/mol. The first-order chi connectivity index (χ1) is 36.5. The summed E-state index contributed by atoms with van der Waals surface area (Å²) in [6.45, 7) is 4.96. The molecule has 2 unspecified atom stereocenters. The molecule has 1 amide bonds. The number of carbonyl (C=O) groups excluding carboxylic acids is 2. The molecule has 0 saturated carbocycles. The molecular weight excluding hydrogens is 911 g/mol. The Bertz CT molecular complexity index is 1150. The molecule has 438 valence electrons. The number of carbonyl (C=O) groups is 2. The maximum atomic E-state index is 12.5. The van der Waals surface area contributed by atoms with Crippen molar-refractivity contribution in [1.82, 2.24) is 5.32 Å². The number of amides is 1. The van der Waals surface area contributed by atoms with Gasteiger partial charge in [0.1, 0.15) is 0 Å². The van der Waals surface area contributed by atoms with Crippen LogP contribution in [0.5, 0.6) is 0 Å². The van der Waals surface area contributed by atoms with Crippen LogP contribution in [0.4, 0.5) is 0 Å². The average molecular weight is 1040 g/mol. The van der Waals surface area contributed by atoms with E-state index < -0.39 is 12.1 Å². The van der Waals surface area contributed by atoms with Crippen molar-refractivity contribution >= 4 is 11.9 Å². The molecule has 0 aromatic carbocycles. The van der Waals surface area contributed by atoms with Gasteiger partial charge in [-0.2, -0.15) is 0 Å². The third-order valence-corrected chi connectivity index (χ3v) is 15.7. The van der Waals surface area contributed by atoms with Gasteiger partial charge in [0.15, 0.2) is 0 Å². The van der Waals surface area contributed by atoms with Crippen LogP contribution in [-0.2, 0) is 14.3 Å². The van der Waals surface area contributed by atoms with Crippen LogP contribution < -0.4 is 5.32 Å². The van der Waals surface area contributed by atoms with Gasteiger partial charge in [0.05, 0.1) is 25.4 Å². The highest BCUT2D eigenvalue weighted by molar-refractivity contribution is 5.76. The van der Waals surface area contributed by atoms with Gasteiger partial charge in [0.2, 0.25) is 5.91 Å². The molecule has 0 rings (SSSR count). The van der Waals surface area contributed by atoms with Crippen LogP contribution in [0.2, 0.25) is 0 Å². The minimum atomic E-state index is -0.674. The van der Waals surface area contributed by atoms with Crippen molar-refractivity contribution in [3.63, 3.8) is 0 Å². The van der Waals surface area contributed by atoms with Gasteiger partial charge in [0, 0.05) is 12.8 Å². The van der Waals surface area contributed by atoms with Crippen LogP contribution in [0, 0.1) is 0 Å². The maximum Gasteiger partial charge on any atom is 0.305 e. The Balaban J connectivity index is 3.44. The summed E-state index contributed by atoms with van der Waals surface area (Å²) in [6.07, 6.45) is 79.1. The zero-order valence-corrected chi connectivity index (χ0v) is 50.1. The minimum absolute atomic E-state index is 0.00409. The summed E-state index contributed by atoms with van der Waals surface area (Å²) >= 11 is 0. The Morgan fingerprint density at radius 1 is 0.365 bits per heavy atom. The maximum absolute atomic E-state index is 12.5. The van der Waals surface area contributed by atoms with Crippen molar-refractivity contribution in [1.29, 1.82) is 0 Å². The van der Waals surface area contributed by atoms with Crippen molar-refractivity contribution in [3.8, 4) is 0 Å². The second-order valence-electron chi connectivity index (χ2n) is 23.1. The summed E-state index contributed by atoms with van der Waals surface area (Å²) in [5.74, 6) is -0.0472. The number of esters is 1. The largest absolute Gasteiger partial charge is 0.466 e. The summed E-state index contributed by atoms with van der Waals surface area (Å²) in [6, 6.07) is -0.552. The molecule has 0 fully saturated rings. The molecule has 0 aliphatic carbocycles. The first kappa shape index (κ1) is 72.3. The first-order valence-electron chi connectivity index (χ1n) is 33.6. The van der Waals surface area contributed by atoms with Crippen LogP contribution in [0.1, 0.15) is 373 Å². The number of hydrogen-bond acceptors (Lipinski definition) is 5. The van der Waals surface area contributed by atoms with E-state index in [4.69, 9.17) is 4.74 Å². The molecule has 0 spiro atoms. The lowest BCUT2D eigenvalue weighted by molar-refractivity contribution is -0.143. The van der Waals surface area contributed by atoms with E-state index in [-0.39, 0.29) is 18.5 Å². The van der Waals surface area contributed by atoms with E-state index in [1.165, 1.54) is 283 Å². The lowest BCUT2D eigenvalue weighted by atomic mass is 10.0. The van der Waals surface area contributed by atoms with Crippen LogP contribution >= 0.6 is 0 Å². The summed E-state index contributed by atoms with van der Waals surface area (Å²) in [5.41, 5.74) is 0. The van der Waals surface area contributed by atoms with Gasteiger partial charge in [-0.1, -0.05) is 308 Å². The molecule has 0 aliphatic heterocycles. The van der Waals surface area contributed by atoms with E-state index >= 15 is 0 Å². The highest BCUT2D eigenvalue weighted by Gasteiger charge is 2.20. The van der Waals surface area contributed by atoms with Gasteiger partial charge >= 0.3 is 5.97 Å². The fourth-order valence-corrected chi connectivity index (χ4v) is 10.6. The van der Waals surface area contributed by atoms with E-state index in [0.717, 1.165) is 57.8 Å². The van der Waals surface area contributed by atoms with Crippen molar-refractivity contribution in [2.75, 3.05) is 13.2 Å². The monoisotopic (exact) mass is 1040 g/mol. The van der Waals surface area contributed by atoms with Crippen LogP contribution in [0.25, 0.3) is 0 Å². The molecule has 6 heteroatoms. The van der Waals surface area contributed by atoms with Gasteiger partial charge < -0.3 is 20.3 Å². The standard InChI is InChI=1S/C68H131NO5/c1-3-5-7-9-11-13-15-17-19-21-22-23-24-25-26-29-32-36-40-44-48-52-56-60-66(71)65(64-70)69-67(72)61-57-53-49-45-41-37-33-30-27-31-35-39-43-47-51-55-59-63-74-68(73)62-58-54-50-46-42-38-34-28-20-18-16-14-12-10-8-6-4-2/h18,20,27,31,65-66,70-71H,3-17,19,21-26,28-30,32-64H2,1-2H3,(H,69,72)/b20-18-,31-27-. The van der Waals surface area contributed by atoms with Crippen LogP contribution in [0.3, 0.4) is 0 Å². The molecule has 0 aromatic rings. The molecule has 0 saturated heterocycles. The van der Waals surface area contributed by atoms with Crippen LogP contribution in [-0.4, -0.2) is 47.4 Å². The van der Waals surface area contributed by atoms with Gasteiger partial charge in [-0.15, -0.1) is 0 Å². The van der Waals surface area contributed by atoms with Crippen molar-refractivity contribution in [2.24, 2.45) is 0 Å². The summed E-state index contributed by atoms with van der Waals surface area (Å²) in [4.78, 5) is 24.6. The van der Waals surface area contributed by atoms with E-state index in [0.29, 0.717) is 25.9 Å². The van der Waals surface area contributed by atoms with E-state index in [1.807, 2.05) is 0 Å². The normalized spacial score (nSPS) is 12.6. The number of aliphatic hydroxyl groups is 2. The van der Waals surface area contributed by atoms with Crippen molar-refractivity contribution in [3.05, 3.63) is 24.3 Å². The Morgan fingerprint density at radius 2 is 0.635 bits per heavy atom. The smallest absolute Gasteiger partial charge is 0.305 e. The summed E-state index contributed by atoms with van der Waals surface area (Å²) in [5, 5.41) is 23.4. The predicted octanol–water partition coefficient (Wildman–Crippen LogP) is 21.4. The number of nitrogens with one attached hydrogen (secondary N) is 1. The number of hydrogen-bond donors (Lipinski definition) is 3. The fraction of sp³-hybridized carbons (Fsp3) is 0.912. The van der Waals surface area contributed by atoms with E-state index in [2.05, 4.69) is 43.5 Å². The molecule has 3 N–H and O–H groups in total. The summed E-state index contributed by atoms with van der Waals surface area (Å²) < 4.78 is 5.49. The molecule has 0 radical (unpaired) electrons. The topological polar surface area (TPSA) is 95.9 Å². The number of rotatable bonds is 63. The molecule has 0 aliphatic rings. The minimum Gasteiger partial charge on any atom is -0.466 e. The highest BCUT2D eigenvalue weighted by Crippen LogP contribution is 2.18. The molecule has 74 heavy (non-hydrogen) atoms. The third-order valence-electron chi connectivity index (χ3n) is 15.7. The van der Waals surface area contributed by atoms with Crippen LogP contribution in [0.15, 0.2) is 24.3 Å². The van der Waals surface area contributed by atoms with Crippen molar-refractivity contribution < 1.29 is 24.5 Å². The highest BCUT2D eigenvalue weighted by atomic mass is 16.5. The number of ether oxygens (including phenoxy) is 1. The molecule has 0 bridgehead atoms. The Hall–Kier alpha value is -1.66. The van der Waals surface area contributed by atoms with Gasteiger partial charge in [-0.25, -0.2) is 0 Å². The Kier molecular flexibility index (Phi) is 62.4. The molecule has 6 nitrogen and oxygen atoms in total. The van der Waals surface area contributed by atoms with Gasteiger partial charge in [-0.3, -0.25) is 9.59 Å². The van der Waals surface area contributed by atoms with Gasteiger partial charge in [-0.05, 0) is 77.0 Å². The zero-order chi connectivity index (χ0) is 53.6. The molecule has 0 aromatic heterocycles.